The molecule has 0 rings (SSSR count). The largest absolute Gasteiger partial charge is 0.381 e. The van der Waals surface area contributed by atoms with Crippen molar-refractivity contribution >= 4 is 0 Å². The van der Waals surface area contributed by atoms with Crippen LogP contribution in [0.3, 0.4) is 0 Å². The van der Waals surface area contributed by atoms with E-state index in [1.807, 2.05) is 13.8 Å². The second kappa shape index (κ2) is 9.36. The highest BCUT2D eigenvalue weighted by atomic mass is 19.3. The molecule has 0 N–H and O–H groups in total. The summed E-state index contributed by atoms with van der Waals surface area (Å²) in [5, 5.41) is 0. The van der Waals surface area contributed by atoms with Crippen LogP contribution in [0.2, 0.25) is 0 Å². The van der Waals surface area contributed by atoms with E-state index in [1.165, 1.54) is 0 Å². The molecule has 0 aliphatic carbocycles. The number of rotatable bonds is 10. The third kappa shape index (κ3) is 7.69. The molecule has 0 spiro atoms. The SMILES string of the molecule is CCCOCC/C(=C\CCC(F)(F)C(F)F)CC. The Labute approximate surface area is 106 Å². The predicted molar refractivity (Wildman–Crippen MR) is 64.3 cm³/mol. The summed E-state index contributed by atoms with van der Waals surface area (Å²) >= 11 is 0. The summed E-state index contributed by atoms with van der Waals surface area (Å²) < 4.78 is 54.4. The van der Waals surface area contributed by atoms with Crippen molar-refractivity contribution in [2.75, 3.05) is 13.2 Å². The molecule has 0 saturated carbocycles. The molecule has 0 amide bonds. The standard InChI is InChI=1S/C13H22F4O/c1-3-9-18-10-7-11(4-2)6-5-8-13(16,17)12(14)15/h6,12H,3-5,7-10H2,1-2H3/b11-6-. The van der Waals surface area contributed by atoms with Crippen molar-refractivity contribution in [2.45, 2.75) is 58.3 Å². The molecule has 0 aliphatic rings. The molecule has 18 heavy (non-hydrogen) atoms. The molecule has 0 bridgehead atoms. The molecule has 0 unspecified atom stereocenters. The van der Waals surface area contributed by atoms with Crippen LogP contribution in [0.25, 0.3) is 0 Å². The van der Waals surface area contributed by atoms with Crippen molar-refractivity contribution in [2.24, 2.45) is 0 Å². The molecule has 0 fully saturated rings. The summed E-state index contributed by atoms with van der Waals surface area (Å²) in [6, 6.07) is 0. The van der Waals surface area contributed by atoms with Gasteiger partial charge in [0.2, 0.25) is 0 Å². The van der Waals surface area contributed by atoms with Crippen molar-refractivity contribution < 1.29 is 22.3 Å². The zero-order valence-corrected chi connectivity index (χ0v) is 11.0. The Morgan fingerprint density at radius 3 is 2.39 bits per heavy atom. The third-order valence-corrected chi connectivity index (χ3v) is 2.60. The maximum Gasteiger partial charge on any atom is 0.307 e. The number of hydrogen-bond acceptors (Lipinski definition) is 1. The van der Waals surface area contributed by atoms with E-state index in [0.717, 1.165) is 18.4 Å². The average Bonchev–Trinajstić information content (AvgIpc) is 2.32. The van der Waals surface area contributed by atoms with Gasteiger partial charge in [0.1, 0.15) is 0 Å². The van der Waals surface area contributed by atoms with Crippen LogP contribution in [-0.2, 0) is 4.74 Å². The zero-order valence-electron chi connectivity index (χ0n) is 11.0. The van der Waals surface area contributed by atoms with Crippen molar-refractivity contribution in [3.63, 3.8) is 0 Å². The lowest BCUT2D eigenvalue weighted by molar-refractivity contribution is -0.132. The quantitative estimate of drug-likeness (QED) is 0.314. The van der Waals surface area contributed by atoms with Gasteiger partial charge in [-0.1, -0.05) is 25.5 Å². The van der Waals surface area contributed by atoms with E-state index in [1.54, 1.807) is 6.08 Å². The van der Waals surface area contributed by atoms with Crippen LogP contribution in [0.4, 0.5) is 17.6 Å². The van der Waals surface area contributed by atoms with Gasteiger partial charge in [-0.3, -0.25) is 0 Å². The molecule has 1 nitrogen and oxygen atoms in total. The summed E-state index contributed by atoms with van der Waals surface area (Å²) in [6.07, 6.45) is -0.425. The van der Waals surface area contributed by atoms with Crippen LogP contribution in [0.5, 0.6) is 0 Å². The fourth-order valence-electron chi connectivity index (χ4n) is 1.45. The van der Waals surface area contributed by atoms with Gasteiger partial charge in [0.05, 0.1) is 6.61 Å². The average molecular weight is 270 g/mol. The van der Waals surface area contributed by atoms with Crippen molar-refractivity contribution in [3.8, 4) is 0 Å². The van der Waals surface area contributed by atoms with E-state index in [-0.39, 0.29) is 6.42 Å². The van der Waals surface area contributed by atoms with Gasteiger partial charge in [-0.2, -0.15) is 0 Å². The summed E-state index contributed by atoms with van der Waals surface area (Å²) in [5.74, 6) is -3.88. The van der Waals surface area contributed by atoms with Gasteiger partial charge in [-0.05, 0) is 25.7 Å². The minimum Gasteiger partial charge on any atom is -0.381 e. The van der Waals surface area contributed by atoms with E-state index < -0.39 is 18.8 Å². The van der Waals surface area contributed by atoms with Gasteiger partial charge in [0, 0.05) is 13.0 Å². The van der Waals surface area contributed by atoms with Crippen LogP contribution in [0.15, 0.2) is 11.6 Å². The van der Waals surface area contributed by atoms with E-state index in [0.29, 0.717) is 19.6 Å². The first-order valence-electron chi connectivity index (χ1n) is 6.35. The Morgan fingerprint density at radius 1 is 1.22 bits per heavy atom. The topological polar surface area (TPSA) is 9.23 Å². The predicted octanol–water partition coefficient (Wildman–Crippen LogP) is 4.82. The summed E-state index contributed by atoms with van der Waals surface area (Å²) in [7, 11) is 0. The Bertz CT molecular complexity index is 239. The van der Waals surface area contributed by atoms with Crippen LogP contribution in [0, 0.1) is 0 Å². The first kappa shape index (κ1) is 17.4. The molecule has 0 aromatic carbocycles. The van der Waals surface area contributed by atoms with Crippen LogP contribution in [0.1, 0.15) is 46.0 Å². The van der Waals surface area contributed by atoms with Gasteiger partial charge in [-0.25, -0.2) is 17.6 Å². The third-order valence-electron chi connectivity index (χ3n) is 2.60. The maximum atomic E-state index is 12.6. The van der Waals surface area contributed by atoms with E-state index in [9.17, 15) is 17.6 Å². The van der Waals surface area contributed by atoms with Gasteiger partial charge < -0.3 is 4.74 Å². The number of halogens is 4. The second-order valence-electron chi connectivity index (χ2n) is 4.18. The molecule has 0 saturated heterocycles. The summed E-state index contributed by atoms with van der Waals surface area (Å²) in [5.41, 5.74) is 0.983. The van der Waals surface area contributed by atoms with Gasteiger partial charge in [0.25, 0.3) is 0 Å². The van der Waals surface area contributed by atoms with Gasteiger partial charge in [-0.15, -0.1) is 0 Å². The zero-order chi connectivity index (χ0) is 14.0. The molecule has 108 valence electrons. The molecule has 0 atom stereocenters. The highest BCUT2D eigenvalue weighted by Gasteiger charge is 2.39. The fourth-order valence-corrected chi connectivity index (χ4v) is 1.45. The van der Waals surface area contributed by atoms with Crippen molar-refractivity contribution in [3.05, 3.63) is 11.6 Å². The number of allylic oxidation sites excluding steroid dienone is 1. The van der Waals surface area contributed by atoms with Gasteiger partial charge in [0.15, 0.2) is 0 Å². The minimum atomic E-state index is -3.88. The van der Waals surface area contributed by atoms with Crippen molar-refractivity contribution in [1.82, 2.24) is 0 Å². The molecule has 0 aromatic rings. The monoisotopic (exact) mass is 270 g/mol. The highest BCUT2D eigenvalue weighted by Crippen LogP contribution is 2.28. The Morgan fingerprint density at radius 2 is 1.89 bits per heavy atom. The maximum absolute atomic E-state index is 12.6. The highest BCUT2D eigenvalue weighted by molar-refractivity contribution is 5.01. The molecule has 0 heterocycles. The smallest absolute Gasteiger partial charge is 0.307 e. The lowest BCUT2D eigenvalue weighted by atomic mass is 10.1. The van der Waals surface area contributed by atoms with E-state index in [4.69, 9.17) is 4.74 Å². The molecule has 0 aromatic heterocycles. The molecular weight excluding hydrogens is 248 g/mol. The molecule has 0 radical (unpaired) electrons. The van der Waals surface area contributed by atoms with Crippen LogP contribution < -0.4 is 0 Å². The number of hydrogen-bond donors (Lipinski definition) is 0. The molecule has 5 heteroatoms. The van der Waals surface area contributed by atoms with Gasteiger partial charge >= 0.3 is 12.3 Å². The first-order valence-corrected chi connectivity index (χ1v) is 6.35. The van der Waals surface area contributed by atoms with E-state index >= 15 is 0 Å². The summed E-state index contributed by atoms with van der Waals surface area (Å²) in [4.78, 5) is 0. The second-order valence-corrected chi connectivity index (χ2v) is 4.18. The van der Waals surface area contributed by atoms with E-state index in [2.05, 4.69) is 0 Å². The van der Waals surface area contributed by atoms with Crippen molar-refractivity contribution in [1.29, 1.82) is 0 Å². The van der Waals surface area contributed by atoms with Crippen LogP contribution >= 0.6 is 0 Å². The minimum absolute atomic E-state index is 0.0196. The molecule has 0 aliphatic heterocycles. The lowest BCUT2D eigenvalue weighted by Crippen LogP contribution is -2.25. The number of ether oxygens (including phenoxy) is 1. The molecular formula is C13H22F4O. The summed E-state index contributed by atoms with van der Waals surface area (Å²) in [6.45, 7) is 5.15. The Hall–Kier alpha value is -0.580. The van der Waals surface area contributed by atoms with Crippen LogP contribution in [-0.4, -0.2) is 25.6 Å². The lowest BCUT2D eigenvalue weighted by Gasteiger charge is -2.14. The Kier molecular flexibility index (Phi) is 9.06. The fraction of sp³-hybridized carbons (Fsp3) is 0.846. The first-order chi connectivity index (χ1) is 8.44. The normalized spacial score (nSPS) is 13.4. The number of alkyl halides is 4. The Balaban J connectivity index is 3.97.